The van der Waals surface area contributed by atoms with E-state index >= 15 is 0 Å². The van der Waals surface area contributed by atoms with Crippen LogP contribution in [0, 0.1) is 0 Å². The van der Waals surface area contributed by atoms with Crippen LogP contribution in [0.25, 0.3) is 0 Å². The summed E-state index contributed by atoms with van der Waals surface area (Å²) in [5.41, 5.74) is 0.175. The summed E-state index contributed by atoms with van der Waals surface area (Å²) in [5.74, 6) is -0.267. The molecule has 1 saturated heterocycles. The largest absolute Gasteiger partial charge is 0.348 e. The standard InChI is InChI=1S/C14H21NO2S/c1-15(2)13(12-4-3-11-18-12)5-7-14(8-6-13)16-9-10-17-14/h3-4,11H,5-10H2,1-2H3. The summed E-state index contributed by atoms with van der Waals surface area (Å²) in [6.45, 7) is 1.52. The van der Waals surface area contributed by atoms with E-state index in [1.165, 1.54) is 4.88 Å². The van der Waals surface area contributed by atoms with Gasteiger partial charge in [0.25, 0.3) is 0 Å². The molecule has 1 saturated carbocycles. The fraction of sp³-hybridized carbons (Fsp3) is 0.714. The average molecular weight is 267 g/mol. The Morgan fingerprint density at radius 2 is 1.78 bits per heavy atom. The lowest BCUT2D eigenvalue weighted by Gasteiger charge is -2.47. The van der Waals surface area contributed by atoms with Gasteiger partial charge >= 0.3 is 0 Å². The van der Waals surface area contributed by atoms with Crippen LogP contribution in [-0.2, 0) is 15.0 Å². The molecule has 3 nitrogen and oxygen atoms in total. The molecule has 1 aromatic rings. The molecule has 18 heavy (non-hydrogen) atoms. The quantitative estimate of drug-likeness (QED) is 0.822. The molecule has 4 heteroatoms. The highest BCUT2D eigenvalue weighted by molar-refractivity contribution is 7.10. The zero-order valence-corrected chi connectivity index (χ0v) is 12.0. The van der Waals surface area contributed by atoms with Gasteiger partial charge < -0.3 is 9.47 Å². The van der Waals surface area contributed by atoms with Gasteiger partial charge in [-0.25, -0.2) is 0 Å². The van der Waals surface area contributed by atoms with E-state index in [2.05, 4.69) is 36.5 Å². The third-order valence-electron chi connectivity index (χ3n) is 4.49. The number of thiophene rings is 1. The van der Waals surface area contributed by atoms with Gasteiger partial charge in [0.1, 0.15) is 0 Å². The number of hydrogen-bond acceptors (Lipinski definition) is 4. The van der Waals surface area contributed by atoms with Crippen LogP contribution in [0.5, 0.6) is 0 Å². The Balaban J connectivity index is 1.82. The van der Waals surface area contributed by atoms with Crippen molar-refractivity contribution in [3.8, 4) is 0 Å². The molecule has 0 amide bonds. The van der Waals surface area contributed by atoms with Crippen molar-refractivity contribution in [3.63, 3.8) is 0 Å². The van der Waals surface area contributed by atoms with Gasteiger partial charge in [0, 0.05) is 17.7 Å². The average Bonchev–Trinajstić information content (AvgIpc) is 3.02. The van der Waals surface area contributed by atoms with Gasteiger partial charge in [-0.3, -0.25) is 4.90 Å². The Bertz CT molecular complexity index is 386. The predicted molar refractivity (Wildman–Crippen MR) is 72.8 cm³/mol. The Morgan fingerprint density at radius 3 is 2.28 bits per heavy atom. The van der Waals surface area contributed by atoms with Crippen LogP contribution >= 0.6 is 11.3 Å². The van der Waals surface area contributed by atoms with Crippen LogP contribution in [-0.4, -0.2) is 38.0 Å². The molecule has 0 unspecified atom stereocenters. The Hall–Kier alpha value is -0.420. The molecule has 0 radical (unpaired) electrons. The molecule has 2 aliphatic rings. The van der Waals surface area contributed by atoms with Crippen molar-refractivity contribution >= 4 is 11.3 Å². The van der Waals surface area contributed by atoms with Crippen LogP contribution in [0.1, 0.15) is 30.6 Å². The maximum atomic E-state index is 5.83. The van der Waals surface area contributed by atoms with Crippen LogP contribution in [0.4, 0.5) is 0 Å². The second-order valence-electron chi connectivity index (χ2n) is 5.51. The van der Waals surface area contributed by atoms with E-state index in [1.54, 1.807) is 0 Å². The first-order valence-corrected chi connectivity index (χ1v) is 7.54. The second-order valence-corrected chi connectivity index (χ2v) is 6.46. The van der Waals surface area contributed by atoms with Crippen LogP contribution < -0.4 is 0 Å². The van der Waals surface area contributed by atoms with Gasteiger partial charge in [-0.2, -0.15) is 0 Å². The molecule has 3 rings (SSSR count). The lowest BCUT2D eigenvalue weighted by Crippen LogP contribution is -2.49. The number of rotatable bonds is 2. The van der Waals surface area contributed by atoms with Crippen molar-refractivity contribution in [2.24, 2.45) is 0 Å². The molecule has 1 aliphatic heterocycles. The van der Waals surface area contributed by atoms with E-state index in [9.17, 15) is 0 Å². The first kappa shape index (κ1) is 12.6. The summed E-state index contributed by atoms with van der Waals surface area (Å²) in [7, 11) is 4.38. The second kappa shape index (κ2) is 4.60. The van der Waals surface area contributed by atoms with Gasteiger partial charge in [0.15, 0.2) is 5.79 Å². The summed E-state index contributed by atoms with van der Waals surface area (Å²) >= 11 is 1.86. The monoisotopic (exact) mass is 267 g/mol. The van der Waals surface area contributed by atoms with Crippen molar-refractivity contribution in [2.75, 3.05) is 27.3 Å². The molecule has 0 aromatic carbocycles. The summed E-state index contributed by atoms with van der Waals surface area (Å²) < 4.78 is 11.7. The molecule has 0 bridgehead atoms. The van der Waals surface area contributed by atoms with Crippen molar-refractivity contribution in [1.82, 2.24) is 4.90 Å². The van der Waals surface area contributed by atoms with Crippen molar-refractivity contribution in [1.29, 1.82) is 0 Å². The molecule has 2 heterocycles. The molecule has 1 aromatic heterocycles. The highest BCUT2D eigenvalue weighted by Gasteiger charge is 2.48. The van der Waals surface area contributed by atoms with E-state index in [4.69, 9.17) is 9.47 Å². The Kier molecular flexibility index (Phi) is 3.22. The van der Waals surface area contributed by atoms with E-state index < -0.39 is 0 Å². The van der Waals surface area contributed by atoms with Gasteiger partial charge in [-0.05, 0) is 38.4 Å². The third kappa shape index (κ3) is 1.92. The summed E-state index contributed by atoms with van der Waals surface area (Å²) in [5, 5.41) is 2.17. The lowest BCUT2D eigenvalue weighted by atomic mass is 9.77. The highest BCUT2D eigenvalue weighted by atomic mass is 32.1. The number of hydrogen-bond donors (Lipinski definition) is 0. The first-order chi connectivity index (χ1) is 8.67. The van der Waals surface area contributed by atoms with E-state index in [0.717, 1.165) is 38.9 Å². The molecule has 0 N–H and O–H groups in total. The molecule has 100 valence electrons. The van der Waals surface area contributed by atoms with Gasteiger partial charge in [0.2, 0.25) is 0 Å². The molecule has 1 aliphatic carbocycles. The van der Waals surface area contributed by atoms with Crippen LogP contribution in [0.3, 0.4) is 0 Å². The fourth-order valence-corrected chi connectivity index (χ4v) is 4.35. The van der Waals surface area contributed by atoms with E-state index in [0.29, 0.717) is 0 Å². The predicted octanol–water partition coefficient (Wildman–Crippen LogP) is 2.82. The Morgan fingerprint density at radius 1 is 1.11 bits per heavy atom. The van der Waals surface area contributed by atoms with E-state index in [-0.39, 0.29) is 11.3 Å². The number of nitrogens with zero attached hydrogens (tertiary/aromatic N) is 1. The SMILES string of the molecule is CN(C)C1(c2cccs2)CCC2(CC1)OCCO2. The van der Waals surface area contributed by atoms with Crippen molar-refractivity contribution < 1.29 is 9.47 Å². The zero-order chi connectivity index (χ0) is 12.6. The first-order valence-electron chi connectivity index (χ1n) is 6.66. The number of ether oxygens (including phenoxy) is 2. The summed E-state index contributed by atoms with van der Waals surface area (Å²) in [6, 6.07) is 4.41. The van der Waals surface area contributed by atoms with E-state index in [1.807, 2.05) is 11.3 Å². The van der Waals surface area contributed by atoms with Gasteiger partial charge in [0.05, 0.1) is 18.8 Å². The minimum absolute atomic E-state index is 0.175. The molecule has 2 fully saturated rings. The fourth-order valence-electron chi connectivity index (χ4n) is 3.29. The maximum Gasteiger partial charge on any atom is 0.168 e. The molecule has 0 atom stereocenters. The van der Waals surface area contributed by atoms with Gasteiger partial charge in [-0.15, -0.1) is 11.3 Å². The van der Waals surface area contributed by atoms with Crippen molar-refractivity contribution in [3.05, 3.63) is 22.4 Å². The summed E-state index contributed by atoms with van der Waals surface area (Å²) in [4.78, 5) is 3.85. The lowest BCUT2D eigenvalue weighted by molar-refractivity contribution is -0.193. The smallest absolute Gasteiger partial charge is 0.168 e. The topological polar surface area (TPSA) is 21.7 Å². The minimum Gasteiger partial charge on any atom is -0.348 e. The Labute approximate surface area is 113 Å². The minimum atomic E-state index is -0.267. The maximum absolute atomic E-state index is 5.83. The zero-order valence-electron chi connectivity index (χ0n) is 11.1. The third-order valence-corrected chi connectivity index (χ3v) is 5.55. The normalized spacial score (nSPS) is 25.9. The van der Waals surface area contributed by atoms with Gasteiger partial charge in [-0.1, -0.05) is 6.07 Å². The highest BCUT2D eigenvalue weighted by Crippen LogP contribution is 2.48. The van der Waals surface area contributed by atoms with Crippen LogP contribution in [0.15, 0.2) is 17.5 Å². The van der Waals surface area contributed by atoms with Crippen molar-refractivity contribution in [2.45, 2.75) is 37.0 Å². The summed E-state index contributed by atoms with van der Waals surface area (Å²) in [6.07, 6.45) is 4.23. The molecular weight excluding hydrogens is 246 g/mol. The molecule has 1 spiro atoms. The molecular formula is C14H21NO2S. The van der Waals surface area contributed by atoms with Crippen LogP contribution in [0.2, 0.25) is 0 Å².